The molecule has 0 aromatic heterocycles. The van der Waals surface area contributed by atoms with Crippen LogP contribution in [0.15, 0.2) is 0 Å². The van der Waals surface area contributed by atoms with Crippen LogP contribution in [0.2, 0.25) is 0 Å². The van der Waals surface area contributed by atoms with Gasteiger partial charge < -0.3 is 10.6 Å². The van der Waals surface area contributed by atoms with Crippen LogP contribution in [-0.4, -0.2) is 25.2 Å². The van der Waals surface area contributed by atoms with E-state index < -0.39 is 0 Å². The molecule has 0 heterocycles. The van der Waals surface area contributed by atoms with Crippen LogP contribution in [0.5, 0.6) is 0 Å². The van der Waals surface area contributed by atoms with Gasteiger partial charge >= 0.3 is 0 Å². The molecule has 0 saturated heterocycles. The molecule has 2 heteroatoms. The molecule has 140 valence electrons. The number of nitrogens with one attached hydrogen (secondary N) is 2. The zero-order valence-electron chi connectivity index (χ0n) is 17.6. The molecule has 0 aromatic rings. The van der Waals surface area contributed by atoms with Gasteiger partial charge in [-0.15, -0.1) is 0 Å². The second-order valence-electron chi connectivity index (χ2n) is 10.8. The summed E-state index contributed by atoms with van der Waals surface area (Å²) in [4.78, 5) is 0. The van der Waals surface area contributed by atoms with Crippen LogP contribution in [0, 0.1) is 34.5 Å². The topological polar surface area (TPSA) is 24.1 Å². The van der Waals surface area contributed by atoms with Crippen molar-refractivity contribution in [2.24, 2.45) is 34.5 Å². The SMILES string of the molecule is CNC1(C)C2CCC(C2)C1(C)C.CNC1(C)C2CCC(C2)C1(C)C. The Labute approximate surface area is 150 Å². The van der Waals surface area contributed by atoms with Gasteiger partial charge in [-0.25, -0.2) is 0 Å². The average Bonchev–Trinajstić information content (AvgIpc) is 3.27. The minimum absolute atomic E-state index is 0.399. The zero-order valence-corrected chi connectivity index (χ0v) is 17.6. The summed E-state index contributed by atoms with van der Waals surface area (Å²) in [5.74, 6) is 3.81. The third-order valence-electron chi connectivity index (χ3n) is 10.3. The van der Waals surface area contributed by atoms with Crippen molar-refractivity contribution in [3.8, 4) is 0 Å². The molecule has 0 spiro atoms. The van der Waals surface area contributed by atoms with Crippen LogP contribution in [-0.2, 0) is 0 Å². The molecule has 6 unspecified atom stereocenters. The van der Waals surface area contributed by atoms with Crippen molar-refractivity contribution < 1.29 is 0 Å². The maximum atomic E-state index is 3.56. The number of hydrogen-bond acceptors (Lipinski definition) is 2. The molecular formula is C22H42N2. The van der Waals surface area contributed by atoms with Gasteiger partial charge in [-0.1, -0.05) is 27.7 Å². The van der Waals surface area contributed by atoms with Gasteiger partial charge in [0.2, 0.25) is 0 Å². The molecule has 0 radical (unpaired) electrons. The Kier molecular flexibility index (Phi) is 4.45. The minimum Gasteiger partial charge on any atom is -0.314 e. The van der Waals surface area contributed by atoms with Crippen molar-refractivity contribution in [3.05, 3.63) is 0 Å². The first-order valence-electron chi connectivity index (χ1n) is 10.4. The Morgan fingerprint density at radius 2 is 0.833 bits per heavy atom. The third-order valence-corrected chi connectivity index (χ3v) is 10.3. The fourth-order valence-electron chi connectivity index (χ4n) is 7.28. The van der Waals surface area contributed by atoms with Crippen molar-refractivity contribution in [1.82, 2.24) is 10.6 Å². The summed E-state index contributed by atoms with van der Waals surface area (Å²) >= 11 is 0. The molecule has 4 rings (SSSR count). The maximum absolute atomic E-state index is 3.56. The van der Waals surface area contributed by atoms with E-state index in [-0.39, 0.29) is 0 Å². The van der Waals surface area contributed by atoms with Gasteiger partial charge in [0.15, 0.2) is 0 Å². The Morgan fingerprint density at radius 3 is 1.00 bits per heavy atom. The standard InChI is InChI=1S/2C11H21N/c2*1-10(2)8-5-6-9(7-8)11(10,3)12-4/h2*8-9,12H,5-7H2,1-4H3. The molecule has 4 aliphatic rings. The van der Waals surface area contributed by atoms with E-state index in [9.17, 15) is 0 Å². The maximum Gasteiger partial charge on any atom is 0.0232 e. The largest absolute Gasteiger partial charge is 0.314 e. The van der Waals surface area contributed by atoms with Crippen molar-refractivity contribution in [1.29, 1.82) is 0 Å². The quantitative estimate of drug-likeness (QED) is 0.755. The summed E-state index contributed by atoms with van der Waals surface area (Å²) < 4.78 is 0. The second-order valence-corrected chi connectivity index (χ2v) is 10.8. The minimum atomic E-state index is 0.399. The van der Waals surface area contributed by atoms with Crippen molar-refractivity contribution in [3.63, 3.8) is 0 Å². The molecule has 24 heavy (non-hydrogen) atoms. The smallest absolute Gasteiger partial charge is 0.0232 e. The van der Waals surface area contributed by atoms with E-state index in [4.69, 9.17) is 0 Å². The van der Waals surface area contributed by atoms with Gasteiger partial charge in [0.25, 0.3) is 0 Å². The molecule has 4 bridgehead atoms. The lowest BCUT2D eigenvalue weighted by Crippen LogP contribution is -2.55. The number of hydrogen-bond donors (Lipinski definition) is 2. The lowest BCUT2D eigenvalue weighted by atomic mass is 9.64. The summed E-state index contributed by atoms with van der Waals surface area (Å²) in [5.41, 5.74) is 1.81. The van der Waals surface area contributed by atoms with Gasteiger partial charge in [0.05, 0.1) is 0 Å². The first-order valence-corrected chi connectivity index (χ1v) is 10.4. The Hall–Kier alpha value is -0.0800. The lowest BCUT2D eigenvalue weighted by Gasteiger charge is -2.47. The fraction of sp³-hybridized carbons (Fsp3) is 1.00. The van der Waals surface area contributed by atoms with Gasteiger partial charge in [0, 0.05) is 11.1 Å². The van der Waals surface area contributed by atoms with E-state index >= 15 is 0 Å². The Morgan fingerprint density at radius 1 is 0.542 bits per heavy atom. The Bertz CT molecular complexity index is 438. The molecule has 0 aromatic carbocycles. The van der Waals surface area contributed by atoms with Crippen LogP contribution in [0.3, 0.4) is 0 Å². The lowest BCUT2D eigenvalue weighted by molar-refractivity contribution is 0.0732. The van der Waals surface area contributed by atoms with Gasteiger partial charge in [-0.2, -0.15) is 0 Å². The zero-order chi connectivity index (χ0) is 18.0. The van der Waals surface area contributed by atoms with Crippen molar-refractivity contribution >= 4 is 0 Å². The Balaban J connectivity index is 0.000000141. The van der Waals surface area contributed by atoms with Crippen LogP contribution in [0.25, 0.3) is 0 Å². The van der Waals surface area contributed by atoms with Gasteiger partial charge in [-0.05, 0) is 101 Å². The summed E-state index contributed by atoms with van der Waals surface area (Å²) in [7, 11) is 4.25. The number of fused-ring (bicyclic) bond motifs is 4. The van der Waals surface area contributed by atoms with Gasteiger partial charge in [0.1, 0.15) is 0 Å². The van der Waals surface area contributed by atoms with Gasteiger partial charge in [-0.3, -0.25) is 0 Å². The van der Waals surface area contributed by atoms with E-state index in [0.29, 0.717) is 21.9 Å². The monoisotopic (exact) mass is 334 g/mol. The highest BCUT2D eigenvalue weighted by molar-refractivity contribution is 5.14. The molecular weight excluding hydrogens is 292 g/mol. The highest BCUT2D eigenvalue weighted by atomic mass is 15.0. The predicted octanol–water partition coefficient (Wildman–Crippen LogP) is 4.84. The normalized spacial score (nSPS) is 50.0. The number of rotatable bonds is 2. The van der Waals surface area contributed by atoms with Crippen molar-refractivity contribution in [2.45, 2.75) is 91.1 Å². The van der Waals surface area contributed by atoms with Crippen LogP contribution >= 0.6 is 0 Å². The molecule has 4 saturated carbocycles. The fourth-order valence-corrected chi connectivity index (χ4v) is 7.28. The summed E-state index contributed by atoms with van der Waals surface area (Å²) in [6.45, 7) is 14.6. The summed E-state index contributed by atoms with van der Waals surface area (Å²) in [6.07, 6.45) is 8.76. The predicted molar refractivity (Wildman–Crippen MR) is 104 cm³/mol. The van der Waals surface area contributed by atoms with Crippen LogP contribution in [0.4, 0.5) is 0 Å². The van der Waals surface area contributed by atoms with E-state index in [1.54, 1.807) is 0 Å². The average molecular weight is 335 g/mol. The highest BCUT2D eigenvalue weighted by Crippen LogP contribution is 2.61. The van der Waals surface area contributed by atoms with E-state index in [1.807, 2.05) is 0 Å². The molecule has 4 aliphatic carbocycles. The summed E-state index contributed by atoms with van der Waals surface area (Å²) in [6, 6.07) is 0. The van der Waals surface area contributed by atoms with E-state index in [1.165, 1.54) is 38.5 Å². The molecule has 6 atom stereocenters. The summed E-state index contributed by atoms with van der Waals surface area (Å²) in [5, 5.41) is 7.12. The van der Waals surface area contributed by atoms with Crippen LogP contribution in [0.1, 0.15) is 80.1 Å². The van der Waals surface area contributed by atoms with Crippen molar-refractivity contribution in [2.75, 3.05) is 14.1 Å². The second kappa shape index (κ2) is 5.71. The van der Waals surface area contributed by atoms with Crippen LogP contribution < -0.4 is 10.6 Å². The molecule has 2 N–H and O–H groups in total. The molecule has 2 nitrogen and oxygen atoms in total. The molecule has 0 amide bonds. The van der Waals surface area contributed by atoms with E-state index in [0.717, 1.165) is 23.7 Å². The van der Waals surface area contributed by atoms with E-state index in [2.05, 4.69) is 66.3 Å². The molecule has 4 fully saturated rings. The third kappa shape index (κ3) is 2.21. The highest BCUT2D eigenvalue weighted by Gasteiger charge is 2.60. The first kappa shape index (κ1) is 18.7. The molecule has 0 aliphatic heterocycles. The first-order chi connectivity index (χ1) is 11.0.